The number of hydrogen-bond acceptors (Lipinski definition) is 3. The van der Waals surface area contributed by atoms with Crippen molar-refractivity contribution in [1.29, 1.82) is 0 Å². The van der Waals surface area contributed by atoms with Crippen LogP contribution in [0.1, 0.15) is 19.8 Å². The molecule has 2 atom stereocenters. The molecule has 0 heterocycles. The first-order valence-corrected chi connectivity index (χ1v) is 3.87. The molecule has 0 aromatic rings. The standard InChI is InChI=1S/C8H17NO2/c1-7(11)8(9(2)3)5-4-6-10/h6-8,11H,4-5H2,1-3H3/t7-,8+/m0/s1. The third-order valence-electron chi connectivity index (χ3n) is 1.80. The van der Waals surface area contributed by atoms with Crippen molar-refractivity contribution in [3.8, 4) is 0 Å². The number of rotatable bonds is 5. The van der Waals surface area contributed by atoms with Gasteiger partial charge in [-0.05, 0) is 27.4 Å². The Morgan fingerprint density at radius 1 is 1.55 bits per heavy atom. The van der Waals surface area contributed by atoms with Crippen molar-refractivity contribution in [2.75, 3.05) is 14.1 Å². The van der Waals surface area contributed by atoms with Gasteiger partial charge in [-0.2, -0.15) is 0 Å². The maximum Gasteiger partial charge on any atom is 0.120 e. The van der Waals surface area contributed by atoms with Crippen LogP contribution in [-0.4, -0.2) is 42.5 Å². The monoisotopic (exact) mass is 159 g/mol. The molecule has 0 bridgehead atoms. The first-order chi connectivity index (χ1) is 5.09. The topological polar surface area (TPSA) is 40.5 Å². The van der Waals surface area contributed by atoms with Crippen LogP contribution in [0.15, 0.2) is 0 Å². The molecule has 0 aliphatic rings. The van der Waals surface area contributed by atoms with Crippen LogP contribution >= 0.6 is 0 Å². The third-order valence-corrected chi connectivity index (χ3v) is 1.80. The molecule has 66 valence electrons. The highest BCUT2D eigenvalue weighted by Gasteiger charge is 2.15. The second-order valence-corrected chi connectivity index (χ2v) is 3.02. The lowest BCUT2D eigenvalue weighted by atomic mass is 10.1. The van der Waals surface area contributed by atoms with E-state index in [-0.39, 0.29) is 12.1 Å². The van der Waals surface area contributed by atoms with Gasteiger partial charge in [0.05, 0.1) is 6.10 Å². The summed E-state index contributed by atoms with van der Waals surface area (Å²) in [6.07, 6.45) is 1.77. The molecule has 0 amide bonds. The summed E-state index contributed by atoms with van der Waals surface area (Å²) in [7, 11) is 3.81. The second-order valence-electron chi connectivity index (χ2n) is 3.02. The van der Waals surface area contributed by atoms with Crippen molar-refractivity contribution in [3.05, 3.63) is 0 Å². The molecule has 0 aliphatic carbocycles. The molecule has 0 aromatic heterocycles. The Morgan fingerprint density at radius 3 is 2.36 bits per heavy atom. The molecule has 0 unspecified atom stereocenters. The Hall–Kier alpha value is -0.410. The van der Waals surface area contributed by atoms with Gasteiger partial charge in [-0.25, -0.2) is 0 Å². The lowest BCUT2D eigenvalue weighted by Crippen LogP contribution is -2.37. The summed E-state index contributed by atoms with van der Waals surface area (Å²) in [6.45, 7) is 1.75. The van der Waals surface area contributed by atoms with Crippen LogP contribution in [0.5, 0.6) is 0 Å². The third kappa shape index (κ3) is 4.11. The molecule has 1 N–H and O–H groups in total. The Kier molecular flexibility index (Phi) is 5.07. The predicted octanol–water partition coefficient (Wildman–Crippen LogP) is 0.276. The SMILES string of the molecule is C[C@H](O)[C@@H](CCC=O)N(C)C. The molecule has 0 spiro atoms. The summed E-state index contributed by atoms with van der Waals surface area (Å²) in [6, 6.07) is 0.0974. The highest BCUT2D eigenvalue weighted by atomic mass is 16.3. The van der Waals surface area contributed by atoms with Gasteiger partial charge in [0.25, 0.3) is 0 Å². The van der Waals surface area contributed by atoms with E-state index in [0.29, 0.717) is 6.42 Å². The minimum absolute atomic E-state index is 0.0974. The van der Waals surface area contributed by atoms with Crippen molar-refractivity contribution in [2.45, 2.75) is 31.9 Å². The molecule has 3 heteroatoms. The fourth-order valence-corrected chi connectivity index (χ4v) is 1.17. The Labute approximate surface area is 68.0 Å². The summed E-state index contributed by atoms with van der Waals surface area (Å²) in [5, 5.41) is 9.25. The first kappa shape index (κ1) is 10.6. The van der Waals surface area contributed by atoms with Crippen LogP contribution in [0.3, 0.4) is 0 Å². The number of likely N-dealkylation sites (N-methyl/N-ethyl adjacent to an activating group) is 1. The molecule has 3 nitrogen and oxygen atoms in total. The van der Waals surface area contributed by atoms with Gasteiger partial charge in [0.2, 0.25) is 0 Å². The summed E-state index contributed by atoms with van der Waals surface area (Å²) in [5.41, 5.74) is 0. The van der Waals surface area contributed by atoms with Crippen LogP contribution in [-0.2, 0) is 4.79 Å². The number of carbonyl (C=O) groups excluding carboxylic acids is 1. The number of aliphatic hydroxyl groups is 1. The summed E-state index contributed by atoms with van der Waals surface area (Å²) >= 11 is 0. The molecule has 0 saturated carbocycles. The van der Waals surface area contributed by atoms with Crippen molar-refractivity contribution < 1.29 is 9.90 Å². The molecule has 0 aliphatic heterocycles. The maximum absolute atomic E-state index is 10.1. The quantitative estimate of drug-likeness (QED) is 0.586. The van der Waals surface area contributed by atoms with E-state index in [1.165, 1.54) is 0 Å². The van der Waals surface area contributed by atoms with E-state index < -0.39 is 0 Å². The zero-order valence-electron chi connectivity index (χ0n) is 7.45. The average Bonchev–Trinajstić information content (AvgIpc) is 1.87. The molecular formula is C8H17NO2. The minimum atomic E-state index is -0.370. The minimum Gasteiger partial charge on any atom is -0.392 e. The molecule has 11 heavy (non-hydrogen) atoms. The van der Waals surface area contributed by atoms with Crippen LogP contribution in [0.25, 0.3) is 0 Å². The second kappa shape index (κ2) is 5.27. The van der Waals surface area contributed by atoms with Crippen LogP contribution < -0.4 is 0 Å². The number of nitrogens with zero attached hydrogens (tertiary/aromatic N) is 1. The van der Waals surface area contributed by atoms with Gasteiger partial charge < -0.3 is 14.8 Å². The van der Waals surface area contributed by atoms with Crippen LogP contribution in [0.2, 0.25) is 0 Å². The molecule has 0 fully saturated rings. The van der Waals surface area contributed by atoms with E-state index in [1.54, 1.807) is 6.92 Å². The first-order valence-electron chi connectivity index (χ1n) is 3.87. The van der Waals surface area contributed by atoms with Gasteiger partial charge in [0, 0.05) is 12.5 Å². The van der Waals surface area contributed by atoms with Crippen LogP contribution in [0, 0.1) is 0 Å². The van der Waals surface area contributed by atoms with Crippen LogP contribution in [0.4, 0.5) is 0 Å². The molecule has 0 aromatic carbocycles. The van der Waals surface area contributed by atoms with Gasteiger partial charge in [-0.15, -0.1) is 0 Å². The van der Waals surface area contributed by atoms with E-state index in [2.05, 4.69) is 0 Å². The zero-order valence-corrected chi connectivity index (χ0v) is 7.45. The fourth-order valence-electron chi connectivity index (χ4n) is 1.17. The van der Waals surface area contributed by atoms with Gasteiger partial charge in [0.1, 0.15) is 6.29 Å². The van der Waals surface area contributed by atoms with Gasteiger partial charge >= 0.3 is 0 Å². The van der Waals surface area contributed by atoms with Crippen molar-refractivity contribution in [1.82, 2.24) is 4.90 Å². The molecular weight excluding hydrogens is 142 g/mol. The summed E-state index contributed by atoms with van der Waals surface area (Å²) < 4.78 is 0. The van der Waals surface area contributed by atoms with E-state index in [1.807, 2.05) is 19.0 Å². The smallest absolute Gasteiger partial charge is 0.120 e. The van der Waals surface area contributed by atoms with Crippen molar-refractivity contribution >= 4 is 6.29 Å². The molecule has 0 radical (unpaired) electrons. The molecule has 0 rings (SSSR count). The van der Waals surface area contributed by atoms with Gasteiger partial charge in [-0.3, -0.25) is 0 Å². The van der Waals surface area contributed by atoms with Crippen molar-refractivity contribution in [2.24, 2.45) is 0 Å². The van der Waals surface area contributed by atoms with Gasteiger partial charge in [-0.1, -0.05) is 0 Å². The highest BCUT2D eigenvalue weighted by molar-refractivity contribution is 5.49. The number of hydrogen-bond donors (Lipinski definition) is 1. The lowest BCUT2D eigenvalue weighted by Gasteiger charge is -2.25. The van der Waals surface area contributed by atoms with E-state index in [0.717, 1.165) is 12.7 Å². The van der Waals surface area contributed by atoms with E-state index >= 15 is 0 Å². The Morgan fingerprint density at radius 2 is 2.09 bits per heavy atom. The molecule has 0 saturated heterocycles. The predicted molar refractivity (Wildman–Crippen MR) is 44.5 cm³/mol. The summed E-state index contributed by atoms with van der Waals surface area (Å²) in [5.74, 6) is 0. The zero-order chi connectivity index (χ0) is 8.85. The Bertz CT molecular complexity index is 105. The van der Waals surface area contributed by atoms with Gasteiger partial charge in [0.15, 0.2) is 0 Å². The number of aliphatic hydroxyl groups excluding tert-OH is 1. The maximum atomic E-state index is 10.1. The van der Waals surface area contributed by atoms with E-state index in [4.69, 9.17) is 0 Å². The summed E-state index contributed by atoms with van der Waals surface area (Å²) in [4.78, 5) is 12.0. The number of carbonyl (C=O) groups is 1. The average molecular weight is 159 g/mol. The normalized spacial score (nSPS) is 16.5. The lowest BCUT2D eigenvalue weighted by molar-refractivity contribution is -0.108. The fraction of sp³-hybridized carbons (Fsp3) is 0.875. The Balaban J connectivity index is 3.79. The van der Waals surface area contributed by atoms with E-state index in [9.17, 15) is 9.90 Å². The van der Waals surface area contributed by atoms with Crippen molar-refractivity contribution in [3.63, 3.8) is 0 Å². The number of aldehydes is 1. The largest absolute Gasteiger partial charge is 0.392 e. The highest BCUT2D eigenvalue weighted by Crippen LogP contribution is 2.06.